The minimum Gasteiger partial charge on any atom is -0.393 e. The van der Waals surface area contributed by atoms with Crippen LogP contribution in [0, 0.1) is 5.92 Å². The number of hydrogen-bond acceptors (Lipinski definition) is 5. The highest BCUT2D eigenvalue weighted by Gasteiger charge is 2.42. The fourth-order valence-electron chi connectivity index (χ4n) is 4.56. The van der Waals surface area contributed by atoms with Crippen LogP contribution in [0.4, 0.5) is 0 Å². The standard InChI is InChI=1S/C21H30N2O4/c24-17-6-8-22(9-7-17)14-19-20(15-4-2-1-3-5-15)23(10-11-27-19)21(26)16-12-18(25)13-16/h1-5,16-20,24-25H,6-14H2/t16?,18?,19-,20-/m0/s1. The first-order valence-corrected chi connectivity index (χ1v) is 10.2. The van der Waals surface area contributed by atoms with Gasteiger partial charge < -0.3 is 24.7 Å². The zero-order chi connectivity index (χ0) is 18.8. The van der Waals surface area contributed by atoms with E-state index in [9.17, 15) is 15.0 Å². The molecule has 2 N–H and O–H groups in total. The summed E-state index contributed by atoms with van der Waals surface area (Å²) in [5, 5.41) is 19.4. The number of hydrogen-bond donors (Lipinski definition) is 2. The molecular formula is C21H30N2O4. The number of ether oxygens (including phenoxy) is 1. The molecule has 1 aromatic carbocycles. The number of likely N-dealkylation sites (tertiary alicyclic amines) is 1. The van der Waals surface area contributed by atoms with Crippen molar-refractivity contribution in [3.8, 4) is 0 Å². The van der Waals surface area contributed by atoms with Crippen LogP contribution in [-0.2, 0) is 9.53 Å². The maximum absolute atomic E-state index is 13.1. The van der Waals surface area contributed by atoms with Crippen LogP contribution in [0.5, 0.6) is 0 Å². The Morgan fingerprint density at radius 3 is 2.41 bits per heavy atom. The van der Waals surface area contributed by atoms with E-state index in [0.29, 0.717) is 26.0 Å². The van der Waals surface area contributed by atoms with E-state index in [-0.39, 0.29) is 36.2 Å². The molecule has 148 valence electrons. The van der Waals surface area contributed by atoms with Crippen LogP contribution in [0.1, 0.15) is 37.3 Å². The lowest BCUT2D eigenvalue weighted by Gasteiger charge is -2.46. The zero-order valence-corrected chi connectivity index (χ0v) is 15.7. The molecule has 2 heterocycles. The summed E-state index contributed by atoms with van der Waals surface area (Å²) in [5.41, 5.74) is 1.10. The first-order valence-electron chi connectivity index (χ1n) is 10.2. The van der Waals surface area contributed by atoms with Crippen molar-refractivity contribution in [2.45, 2.75) is 50.0 Å². The molecule has 0 bridgehead atoms. The molecule has 1 aromatic rings. The van der Waals surface area contributed by atoms with Crippen molar-refractivity contribution in [2.24, 2.45) is 5.92 Å². The van der Waals surface area contributed by atoms with Crippen LogP contribution in [0.2, 0.25) is 0 Å². The summed E-state index contributed by atoms with van der Waals surface area (Å²) >= 11 is 0. The number of aliphatic hydroxyl groups is 2. The number of piperidine rings is 1. The van der Waals surface area contributed by atoms with E-state index in [2.05, 4.69) is 17.0 Å². The fraction of sp³-hybridized carbons (Fsp3) is 0.667. The van der Waals surface area contributed by atoms with Crippen LogP contribution < -0.4 is 0 Å². The van der Waals surface area contributed by atoms with Crippen molar-refractivity contribution < 1.29 is 19.7 Å². The second-order valence-electron chi connectivity index (χ2n) is 8.15. The maximum Gasteiger partial charge on any atom is 0.226 e. The highest BCUT2D eigenvalue weighted by molar-refractivity contribution is 5.80. The Bertz CT molecular complexity index is 626. The molecule has 4 rings (SSSR count). The van der Waals surface area contributed by atoms with E-state index in [4.69, 9.17) is 4.74 Å². The molecule has 2 saturated heterocycles. The molecule has 1 aliphatic carbocycles. The molecule has 0 unspecified atom stereocenters. The van der Waals surface area contributed by atoms with Gasteiger partial charge in [-0.05, 0) is 31.2 Å². The van der Waals surface area contributed by atoms with E-state index < -0.39 is 0 Å². The molecule has 1 saturated carbocycles. The molecule has 3 fully saturated rings. The summed E-state index contributed by atoms with van der Waals surface area (Å²) in [7, 11) is 0. The van der Waals surface area contributed by atoms with Gasteiger partial charge in [0.15, 0.2) is 0 Å². The number of aliphatic hydroxyl groups excluding tert-OH is 2. The van der Waals surface area contributed by atoms with Gasteiger partial charge in [0.1, 0.15) is 0 Å². The molecule has 2 aliphatic heterocycles. The first-order chi connectivity index (χ1) is 13.1. The highest BCUT2D eigenvalue weighted by atomic mass is 16.5. The molecule has 3 aliphatic rings. The van der Waals surface area contributed by atoms with E-state index in [1.165, 1.54) is 0 Å². The van der Waals surface area contributed by atoms with Gasteiger partial charge >= 0.3 is 0 Å². The normalized spacial score (nSPS) is 32.9. The van der Waals surface area contributed by atoms with Crippen LogP contribution in [0.15, 0.2) is 30.3 Å². The van der Waals surface area contributed by atoms with Gasteiger partial charge in [-0.25, -0.2) is 0 Å². The SMILES string of the molecule is O=C(C1CC(O)C1)N1CCO[C@@H](CN2CCC(O)CC2)[C@@H]1c1ccccc1. The zero-order valence-electron chi connectivity index (χ0n) is 15.7. The first kappa shape index (κ1) is 18.9. The largest absolute Gasteiger partial charge is 0.393 e. The quantitative estimate of drug-likeness (QED) is 0.828. The lowest BCUT2D eigenvalue weighted by atomic mass is 9.80. The molecule has 2 atom stereocenters. The third-order valence-corrected chi connectivity index (χ3v) is 6.23. The van der Waals surface area contributed by atoms with Crippen molar-refractivity contribution in [1.82, 2.24) is 9.80 Å². The second-order valence-corrected chi connectivity index (χ2v) is 8.15. The average molecular weight is 374 g/mol. The van der Waals surface area contributed by atoms with Gasteiger partial charge in [-0.1, -0.05) is 30.3 Å². The number of benzene rings is 1. The summed E-state index contributed by atoms with van der Waals surface area (Å²) < 4.78 is 6.16. The Morgan fingerprint density at radius 2 is 1.74 bits per heavy atom. The Balaban J connectivity index is 1.52. The van der Waals surface area contributed by atoms with Gasteiger partial charge in [0.2, 0.25) is 5.91 Å². The number of nitrogens with zero attached hydrogens (tertiary/aromatic N) is 2. The minimum absolute atomic E-state index is 0.0601. The molecular weight excluding hydrogens is 344 g/mol. The third-order valence-electron chi connectivity index (χ3n) is 6.23. The number of morpholine rings is 1. The molecule has 27 heavy (non-hydrogen) atoms. The monoisotopic (exact) mass is 374 g/mol. The number of carbonyl (C=O) groups excluding carboxylic acids is 1. The van der Waals surface area contributed by atoms with E-state index >= 15 is 0 Å². The third kappa shape index (κ3) is 4.19. The topological polar surface area (TPSA) is 73.2 Å². The van der Waals surface area contributed by atoms with Gasteiger partial charge in [0.25, 0.3) is 0 Å². The van der Waals surface area contributed by atoms with Crippen LogP contribution >= 0.6 is 0 Å². The van der Waals surface area contributed by atoms with E-state index in [1.807, 2.05) is 23.1 Å². The van der Waals surface area contributed by atoms with Crippen molar-refractivity contribution in [3.05, 3.63) is 35.9 Å². The molecule has 6 heteroatoms. The highest BCUT2D eigenvalue weighted by Crippen LogP contribution is 2.36. The molecule has 0 aromatic heterocycles. The predicted molar refractivity (Wildman–Crippen MR) is 101 cm³/mol. The Morgan fingerprint density at radius 1 is 1.04 bits per heavy atom. The smallest absolute Gasteiger partial charge is 0.226 e. The average Bonchev–Trinajstić information content (AvgIpc) is 2.67. The number of amides is 1. The van der Waals surface area contributed by atoms with Crippen LogP contribution in [0.25, 0.3) is 0 Å². The van der Waals surface area contributed by atoms with Crippen molar-refractivity contribution >= 4 is 5.91 Å². The van der Waals surface area contributed by atoms with Crippen molar-refractivity contribution in [2.75, 3.05) is 32.8 Å². The van der Waals surface area contributed by atoms with E-state index in [0.717, 1.165) is 38.0 Å². The second kappa shape index (κ2) is 8.27. The number of carbonyl (C=O) groups is 1. The predicted octanol–water partition coefficient (Wildman–Crippen LogP) is 1.18. The number of rotatable bonds is 4. The van der Waals surface area contributed by atoms with Gasteiger partial charge in [-0.15, -0.1) is 0 Å². The fourth-order valence-corrected chi connectivity index (χ4v) is 4.56. The Kier molecular flexibility index (Phi) is 5.78. The lowest BCUT2D eigenvalue weighted by molar-refractivity contribution is -0.159. The summed E-state index contributed by atoms with van der Waals surface area (Å²) in [5.74, 6) is 0.0895. The van der Waals surface area contributed by atoms with Gasteiger partial charge in [-0.2, -0.15) is 0 Å². The van der Waals surface area contributed by atoms with Gasteiger partial charge in [0, 0.05) is 32.1 Å². The van der Waals surface area contributed by atoms with Gasteiger partial charge in [0.05, 0.1) is 31.0 Å². The molecule has 0 spiro atoms. The van der Waals surface area contributed by atoms with Crippen molar-refractivity contribution in [1.29, 1.82) is 0 Å². The summed E-state index contributed by atoms with van der Waals surface area (Å²) in [4.78, 5) is 17.4. The molecule has 1 amide bonds. The minimum atomic E-state index is -0.328. The summed E-state index contributed by atoms with van der Waals surface area (Å²) in [6.07, 6.45) is 2.15. The van der Waals surface area contributed by atoms with Gasteiger partial charge in [-0.3, -0.25) is 4.79 Å². The van der Waals surface area contributed by atoms with Crippen LogP contribution in [0.3, 0.4) is 0 Å². The molecule has 6 nitrogen and oxygen atoms in total. The van der Waals surface area contributed by atoms with E-state index in [1.54, 1.807) is 0 Å². The lowest BCUT2D eigenvalue weighted by Crippen LogP contribution is -2.55. The van der Waals surface area contributed by atoms with Crippen molar-refractivity contribution in [3.63, 3.8) is 0 Å². The summed E-state index contributed by atoms with van der Waals surface area (Å²) in [6.45, 7) is 3.64. The summed E-state index contributed by atoms with van der Waals surface area (Å²) in [6, 6.07) is 10.0. The van der Waals surface area contributed by atoms with Crippen LogP contribution in [-0.4, -0.2) is 77.0 Å². The Labute approximate surface area is 160 Å². The Hall–Kier alpha value is -1.47. The molecule has 0 radical (unpaired) electrons. The maximum atomic E-state index is 13.1.